The van der Waals surface area contributed by atoms with Gasteiger partial charge >= 0.3 is 11.9 Å². The van der Waals surface area contributed by atoms with Crippen molar-refractivity contribution in [3.8, 4) is 0 Å². The number of rotatable bonds is 6. The number of likely N-dealkylation sites (N-methyl/N-ethyl adjacent to an activating group) is 1. The molecule has 0 aromatic heterocycles. The molecule has 3 unspecified atom stereocenters. The third kappa shape index (κ3) is 3.60. The van der Waals surface area contributed by atoms with E-state index in [0.29, 0.717) is 23.6 Å². The monoisotopic (exact) mass is 423 g/mol. The van der Waals surface area contributed by atoms with Gasteiger partial charge in [0.25, 0.3) is 0 Å². The number of carboxylic acid groups (broad SMARTS) is 2. The molecule has 2 aromatic rings. The van der Waals surface area contributed by atoms with Crippen LogP contribution in [0.25, 0.3) is 0 Å². The summed E-state index contributed by atoms with van der Waals surface area (Å²) < 4.78 is 0. The first-order chi connectivity index (χ1) is 14.6. The fourth-order valence-electron chi connectivity index (χ4n) is 4.59. The van der Waals surface area contributed by atoms with Crippen LogP contribution in [0.2, 0.25) is 0 Å². The van der Waals surface area contributed by atoms with Gasteiger partial charge in [0.15, 0.2) is 0 Å². The number of benzene rings is 2. The molecule has 0 radical (unpaired) electrons. The number of carboxylic acids is 2. The van der Waals surface area contributed by atoms with E-state index in [1.54, 1.807) is 6.07 Å². The van der Waals surface area contributed by atoms with Gasteiger partial charge in [0.2, 0.25) is 5.91 Å². The van der Waals surface area contributed by atoms with Crippen molar-refractivity contribution < 1.29 is 24.6 Å². The van der Waals surface area contributed by atoms with Gasteiger partial charge in [0, 0.05) is 12.0 Å². The standard InChI is InChI=1S/C23H25N3O5/c1-3-13-10-7-11-15-18(14-8-5-4-6-9-14)20(21(24)29)26(2)23(25,19(13)15)16(22(30)31)12-17(27)28/h4-12,18,20H,3,25H2,1-2H3,(H2,24,29)(H,27,28)(H,30,31). The van der Waals surface area contributed by atoms with E-state index in [2.05, 4.69) is 0 Å². The molecule has 2 aromatic carbocycles. The predicted molar refractivity (Wildman–Crippen MR) is 114 cm³/mol. The Morgan fingerprint density at radius 3 is 2.26 bits per heavy atom. The van der Waals surface area contributed by atoms with Gasteiger partial charge in [0.1, 0.15) is 11.7 Å². The summed E-state index contributed by atoms with van der Waals surface area (Å²) in [7, 11) is 1.50. The SMILES string of the molecule is CCc1cccc2c1C(N)(C(=CC(=O)O)C(=O)O)N(C)C(C(N)=O)C2c1ccccc1. The van der Waals surface area contributed by atoms with E-state index in [1.165, 1.54) is 11.9 Å². The van der Waals surface area contributed by atoms with E-state index < -0.39 is 41.0 Å². The third-order valence-electron chi connectivity index (χ3n) is 5.93. The summed E-state index contributed by atoms with van der Waals surface area (Å²) in [5.74, 6) is -4.15. The Hall–Kier alpha value is -3.49. The molecular weight excluding hydrogens is 398 g/mol. The molecule has 31 heavy (non-hydrogen) atoms. The molecule has 0 aliphatic carbocycles. The minimum atomic E-state index is -1.89. The summed E-state index contributed by atoms with van der Waals surface area (Å²) in [5, 5.41) is 19.2. The second-order valence-corrected chi connectivity index (χ2v) is 7.55. The summed E-state index contributed by atoms with van der Waals surface area (Å²) in [6.07, 6.45) is 1.11. The maximum atomic E-state index is 12.7. The Bertz CT molecular complexity index is 1070. The largest absolute Gasteiger partial charge is 0.478 e. The average molecular weight is 423 g/mol. The number of amides is 1. The first kappa shape index (κ1) is 22.2. The molecule has 1 amide bonds. The average Bonchev–Trinajstić information content (AvgIpc) is 2.73. The summed E-state index contributed by atoms with van der Waals surface area (Å²) in [6.45, 7) is 1.90. The Morgan fingerprint density at radius 1 is 1.10 bits per heavy atom. The van der Waals surface area contributed by atoms with Crippen LogP contribution in [0.1, 0.15) is 35.1 Å². The lowest BCUT2D eigenvalue weighted by Gasteiger charge is -2.51. The molecule has 3 atom stereocenters. The summed E-state index contributed by atoms with van der Waals surface area (Å²) in [5.41, 5.74) is 12.8. The zero-order chi connectivity index (χ0) is 22.9. The molecule has 8 nitrogen and oxygen atoms in total. The second-order valence-electron chi connectivity index (χ2n) is 7.55. The van der Waals surface area contributed by atoms with Gasteiger partial charge in [-0.3, -0.25) is 9.69 Å². The maximum Gasteiger partial charge on any atom is 0.335 e. The molecule has 0 bridgehead atoms. The Morgan fingerprint density at radius 2 is 1.74 bits per heavy atom. The van der Waals surface area contributed by atoms with Gasteiger partial charge in [-0.25, -0.2) is 9.59 Å². The van der Waals surface area contributed by atoms with Crippen LogP contribution in [0.5, 0.6) is 0 Å². The highest BCUT2D eigenvalue weighted by Gasteiger charge is 2.53. The summed E-state index contributed by atoms with van der Waals surface area (Å²) >= 11 is 0. The number of carbonyl (C=O) groups is 3. The normalized spacial score (nSPS) is 23.8. The van der Waals surface area contributed by atoms with Crippen molar-refractivity contribution in [2.45, 2.75) is 31.0 Å². The van der Waals surface area contributed by atoms with Crippen molar-refractivity contribution >= 4 is 17.8 Å². The number of carbonyl (C=O) groups excluding carboxylic acids is 1. The summed E-state index contributed by atoms with van der Waals surface area (Å²) in [4.78, 5) is 37.7. The van der Waals surface area contributed by atoms with E-state index in [-0.39, 0.29) is 0 Å². The number of aliphatic carboxylic acids is 2. The fraction of sp³-hybridized carbons (Fsp3) is 0.261. The maximum absolute atomic E-state index is 12.7. The minimum Gasteiger partial charge on any atom is -0.478 e. The molecule has 0 saturated heterocycles. The van der Waals surface area contributed by atoms with Gasteiger partial charge in [-0.15, -0.1) is 0 Å². The zero-order valence-electron chi connectivity index (χ0n) is 17.3. The molecular formula is C23H25N3O5. The molecule has 0 fully saturated rings. The van der Waals surface area contributed by atoms with Crippen LogP contribution < -0.4 is 11.5 Å². The topological polar surface area (TPSA) is 147 Å². The predicted octanol–water partition coefficient (Wildman–Crippen LogP) is 1.39. The van der Waals surface area contributed by atoms with Crippen molar-refractivity contribution in [1.29, 1.82) is 0 Å². The molecule has 162 valence electrons. The van der Waals surface area contributed by atoms with Crippen molar-refractivity contribution in [2.75, 3.05) is 7.05 Å². The molecule has 8 heteroatoms. The lowest BCUT2D eigenvalue weighted by atomic mass is 9.70. The van der Waals surface area contributed by atoms with E-state index in [9.17, 15) is 24.6 Å². The highest BCUT2D eigenvalue weighted by Crippen LogP contribution is 2.48. The quantitative estimate of drug-likeness (QED) is 0.513. The highest BCUT2D eigenvalue weighted by molar-refractivity contribution is 5.97. The smallest absolute Gasteiger partial charge is 0.335 e. The molecule has 3 rings (SSSR count). The van der Waals surface area contributed by atoms with Crippen molar-refractivity contribution in [2.24, 2.45) is 11.5 Å². The Kier molecular flexibility index (Phi) is 5.97. The molecule has 1 heterocycles. The molecule has 1 aliphatic rings. The lowest BCUT2D eigenvalue weighted by molar-refractivity contribution is -0.138. The fourth-order valence-corrected chi connectivity index (χ4v) is 4.59. The zero-order valence-corrected chi connectivity index (χ0v) is 17.3. The molecule has 6 N–H and O–H groups in total. The van der Waals surface area contributed by atoms with E-state index in [1.807, 2.05) is 49.4 Å². The summed E-state index contributed by atoms with van der Waals surface area (Å²) in [6, 6.07) is 13.7. The van der Waals surface area contributed by atoms with Crippen LogP contribution >= 0.6 is 0 Å². The lowest BCUT2D eigenvalue weighted by Crippen LogP contribution is -2.65. The van der Waals surface area contributed by atoms with E-state index >= 15 is 0 Å². The molecule has 0 spiro atoms. The van der Waals surface area contributed by atoms with Gasteiger partial charge in [-0.1, -0.05) is 55.5 Å². The first-order valence-electron chi connectivity index (χ1n) is 9.81. The van der Waals surface area contributed by atoms with Crippen molar-refractivity contribution in [3.05, 3.63) is 82.4 Å². The Labute approximate surface area is 179 Å². The number of hydrogen-bond donors (Lipinski definition) is 4. The number of nitrogens with zero attached hydrogens (tertiary/aromatic N) is 1. The van der Waals surface area contributed by atoms with E-state index in [4.69, 9.17) is 11.5 Å². The Balaban J connectivity index is 2.46. The van der Waals surface area contributed by atoms with Crippen LogP contribution in [0, 0.1) is 0 Å². The van der Waals surface area contributed by atoms with Crippen LogP contribution in [-0.2, 0) is 26.5 Å². The number of fused-ring (bicyclic) bond motifs is 1. The number of primary amides is 1. The van der Waals surface area contributed by atoms with Crippen molar-refractivity contribution in [1.82, 2.24) is 4.90 Å². The minimum absolute atomic E-state index is 0.473. The third-order valence-corrected chi connectivity index (χ3v) is 5.93. The van der Waals surface area contributed by atoms with E-state index in [0.717, 1.165) is 11.1 Å². The highest BCUT2D eigenvalue weighted by atomic mass is 16.4. The van der Waals surface area contributed by atoms with Crippen LogP contribution in [0.3, 0.4) is 0 Å². The van der Waals surface area contributed by atoms with Gasteiger partial charge in [-0.2, -0.15) is 0 Å². The first-order valence-corrected chi connectivity index (χ1v) is 9.81. The van der Waals surface area contributed by atoms with Gasteiger partial charge in [-0.05, 0) is 35.7 Å². The van der Waals surface area contributed by atoms with Crippen LogP contribution in [-0.4, -0.2) is 46.0 Å². The van der Waals surface area contributed by atoms with Gasteiger partial charge < -0.3 is 21.7 Å². The molecule has 1 aliphatic heterocycles. The number of nitrogens with two attached hydrogens (primary N) is 2. The van der Waals surface area contributed by atoms with Crippen LogP contribution in [0.4, 0.5) is 0 Å². The van der Waals surface area contributed by atoms with Gasteiger partial charge in [0.05, 0.1) is 5.57 Å². The number of aryl methyl sites for hydroxylation is 1. The molecule has 0 saturated carbocycles. The number of hydrogen-bond acceptors (Lipinski definition) is 5. The van der Waals surface area contributed by atoms with Crippen LogP contribution in [0.15, 0.2) is 60.2 Å². The van der Waals surface area contributed by atoms with Crippen molar-refractivity contribution in [3.63, 3.8) is 0 Å². The second kappa shape index (κ2) is 8.33.